The van der Waals surface area contributed by atoms with Crippen LogP contribution in [0.5, 0.6) is 0 Å². The average molecular weight is 362 g/mol. The third-order valence-corrected chi connectivity index (χ3v) is 4.72. The second-order valence-electron chi connectivity index (χ2n) is 6.36. The average Bonchev–Trinajstić information content (AvgIpc) is 3.33. The molecule has 1 amide bonds. The van der Waals surface area contributed by atoms with Crippen LogP contribution < -0.4 is 5.32 Å². The number of hydrogen-bond donors (Lipinski definition) is 2. The number of amides is 1. The molecule has 9 heteroatoms. The van der Waals surface area contributed by atoms with Crippen LogP contribution in [0.3, 0.4) is 0 Å². The monoisotopic (exact) mass is 362 g/mol. The molecule has 1 heterocycles. The van der Waals surface area contributed by atoms with Crippen molar-refractivity contribution in [2.24, 2.45) is 0 Å². The fourth-order valence-corrected chi connectivity index (χ4v) is 3.12. The van der Waals surface area contributed by atoms with Gasteiger partial charge in [-0.05, 0) is 30.5 Å². The van der Waals surface area contributed by atoms with Gasteiger partial charge in [0.15, 0.2) is 0 Å². The van der Waals surface area contributed by atoms with Crippen LogP contribution in [0.15, 0.2) is 18.2 Å². The molecule has 138 valence electrons. The first-order valence-corrected chi connectivity index (χ1v) is 7.92. The van der Waals surface area contributed by atoms with Crippen LogP contribution in [0.4, 0.5) is 22.4 Å². The van der Waals surface area contributed by atoms with Crippen molar-refractivity contribution in [3.63, 3.8) is 0 Å². The fourth-order valence-electron chi connectivity index (χ4n) is 3.12. The quantitative estimate of drug-likeness (QED) is 0.809. The van der Waals surface area contributed by atoms with E-state index in [1.165, 1.54) is 11.0 Å². The molecule has 1 aliphatic heterocycles. The molecule has 25 heavy (non-hydrogen) atoms. The normalized spacial score (nSPS) is 22.7. The molecule has 2 aliphatic rings. The van der Waals surface area contributed by atoms with Crippen LogP contribution in [0.25, 0.3) is 0 Å². The number of nitrogens with one attached hydrogen (secondary N) is 1. The summed E-state index contributed by atoms with van der Waals surface area (Å²) in [5.74, 6) is -1.30. The van der Waals surface area contributed by atoms with Crippen molar-refractivity contribution >= 4 is 6.09 Å². The van der Waals surface area contributed by atoms with E-state index in [2.05, 4.69) is 5.32 Å². The highest BCUT2D eigenvalue weighted by atomic mass is 19.4. The number of alkyl halides is 3. The van der Waals surface area contributed by atoms with Crippen molar-refractivity contribution < 1.29 is 32.2 Å². The van der Waals surface area contributed by atoms with Crippen molar-refractivity contribution in [1.29, 1.82) is 0 Å². The Kier molecular flexibility index (Phi) is 4.63. The molecule has 0 spiro atoms. The second-order valence-corrected chi connectivity index (χ2v) is 6.36. The lowest BCUT2D eigenvalue weighted by molar-refractivity contribution is -0.140. The predicted molar refractivity (Wildman–Crippen MR) is 79.7 cm³/mol. The molecule has 0 unspecified atom stereocenters. The summed E-state index contributed by atoms with van der Waals surface area (Å²) in [7, 11) is 0. The van der Waals surface area contributed by atoms with E-state index in [0.717, 1.165) is 12.1 Å². The molecule has 2 N–H and O–H groups in total. The number of rotatable bonds is 4. The minimum atomic E-state index is -4.76. The number of carbonyl (C=O) groups is 1. The highest BCUT2D eigenvalue weighted by molar-refractivity contribution is 5.65. The van der Waals surface area contributed by atoms with Gasteiger partial charge in [-0.2, -0.15) is 13.2 Å². The zero-order valence-electron chi connectivity index (χ0n) is 13.3. The Morgan fingerprint density at radius 1 is 1.40 bits per heavy atom. The molecule has 5 nitrogen and oxygen atoms in total. The maximum Gasteiger partial charge on any atom is 0.419 e. The van der Waals surface area contributed by atoms with Crippen LogP contribution >= 0.6 is 0 Å². The lowest BCUT2D eigenvalue weighted by atomic mass is 10.0. The van der Waals surface area contributed by atoms with E-state index < -0.39 is 35.2 Å². The van der Waals surface area contributed by atoms with Gasteiger partial charge in [0.05, 0.1) is 24.8 Å². The minimum absolute atomic E-state index is 0.229. The lowest BCUT2D eigenvalue weighted by Crippen LogP contribution is -2.53. The zero-order valence-corrected chi connectivity index (χ0v) is 13.3. The van der Waals surface area contributed by atoms with E-state index in [4.69, 9.17) is 4.74 Å². The molecule has 0 radical (unpaired) electrons. The van der Waals surface area contributed by atoms with Gasteiger partial charge < -0.3 is 15.2 Å². The van der Waals surface area contributed by atoms with Crippen LogP contribution in [0.1, 0.15) is 24.0 Å². The lowest BCUT2D eigenvalue weighted by Gasteiger charge is -2.34. The third kappa shape index (κ3) is 3.72. The second kappa shape index (κ2) is 6.45. The van der Waals surface area contributed by atoms with E-state index in [-0.39, 0.29) is 19.7 Å². The summed E-state index contributed by atoms with van der Waals surface area (Å²) in [6, 6.07) is 2.59. The van der Waals surface area contributed by atoms with Crippen LogP contribution in [0.2, 0.25) is 0 Å². The van der Waals surface area contributed by atoms with E-state index in [9.17, 15) is 27.5 Å². The Morgan fingerprint density at radius 2 is 2.12 bits per heavy atom. The Labute approximate surface area is 141 Å². The molecule has 1 saturated carbocycles. The number of benzene rings is 1. The fraction of sp³-hybridized carbons (Fsp3) is 0.562. The molecule has 1 aliphatic carbocycles. The van der Waals surface area contributed by atoms with Crippen molar-refractivity contribution in [3.05, 3.63) is 35.1 Å². The third-order valence-electron chi connectivity index (χ3n) is 4.72. The van der Waals surface area contributed by atoms with Gasteiger partial charge in [0, 0.05) is 18.6 Å². The Hall–Kier alpha value is -1.87. The van der Waals surface area contributed by atoms with Crippen molar-refractivity contribution in [3.8, 4) is 0 Å². The molecule has 1 atom stereocenters. The first-order chi connectivity index (χ1) is 11.7. The highest BCUT2D eigenvalue weighted by Gasteiger charge is 2.46. The molecule has 1 saturated heterocycles. The first kappa shape index (κ1) is 17.9. The Bertz CT molecular complexity index is 661. The molecule has 1 aromatic rings. The van der Waals surface area contributed by atoms with Crippen LogP contribution in [-0.2, 0) is 16.5 Å². The summed E-state index contributed by atoms with van der Waals surface area (Å²) in [5, 5.41) is 12.4. The smallest absolute Gasteiger partial charge is 0.419 e. The van der Waals surface area contributed by atoms with Gasteiger partial charge in [-0.15, -0.1) is 0 Å². The SMILES string of the molecule is O=C(O)N1CCOC[C@@H]1CNC1(c2ccc(F)c(C(F)(F)F)c2)CC1. The highest BCUT2D eigenvalue weighted by Crippen LogP contribution is 2.47. The van der Waals surface area contributed by atoms with Gasteiger partial charge in [-0.3, -0.25) is 4.90 Å². The summed E-state index contributed by atoms with van der Waals surface area (Å²) >= 11 is 0. The van der Waals surface area contributed by atoms with Crippen molar-refractivity contribution in [2.45, 2.75) is 30.6 Å². The molecule has 0 aromatic heterocycles. The Morgan fingerprint density at radius 3 is 2.72 bits per heavy atom. The van der Waals surface area contributed by atoms with Gasteiger partial charge in [-0.1, -0.05) is 6.07 Å². The first-order valence-electron chi connectivity index (χ1n) is 7.92. The maximum atomic E-state index is 13.5. The number of carboxylic acid groups (broad SMARTS) is 1. The maximum absolute atomic E-state index is 13.5. The molecule has 0 bridgehead atoms. The molecule has 3 rings (SSSR count). The zero-order chi connectivity index (χ0) is 18.2. The van der Waals surface area contributed by atoms with Crippen molar-refractivity contribution in [1.82, 2.24) is 10.2 Å². The Balaban J connectivity index is 1.74. The number of ether oxygens (including phenoxy) is 1. The summed E-state index contributed by atoms with van der Waals surface area (Å²) < 4.78 is 57.5. The number of nitrogens with zero attached hydrogens (tertiary/aromatic N) is 1. The number of hydrogen-bond acceptors (Lipinski definition) is 3. The van der Waals surface area contributed by atoms with Crippen LogP contribution in [0, 0.1) is 5.82 Å². The summed E-state index contributed by atoms with van der Waals surface area (Å²) in [6.07, 6.45) is -4.60. The molecule has 1 aromatic carbocycles. The number of halogens is 4. The largest absolute Gasteiger partial charge is 0.465 e. The van der Waals surface area contributed by atoms with Gasteiger partial charge >= 0.3 is 12.3 Å². The summed E-state index contributed by atoms with van der Waals surface area (Å²) in [5.41, 5.74) is -1.60. The predicted octanol–water partition coefficient (Wildman–Crippen LogP) is 2.80. The van der Waals surface area contributed by atoms with E-state index in [1.807, 2.05) is 0 Å². The number of morpholine rings is 1. The molecule has 2 fully saturated rings. The van der Waals surface area contributed by atoms with Gasteiger partial charge in [0.25, 0.3) is 0 Å². The standard InChI is InChI=1S/C16H18F4N2O3/c17-13-2-1-10(7-12(13)16(18,19)20)15(3-4-15)21-8-11-9-25-6-5-22(11)14(23)24/h1-2,7,11,21H,3-6,8-9H2,(H,23,24)/t11-/m0/s1. The topological polar surface area (TPSA) is 61.8 Å². The van der Waals surface area contributed by atoms with E-state index in [1.54, 1.807) is 0 Å². The van der Waals surface area contributed by atoms with Gasteiger partial charge in [0.1, 0.15) is 5.82 Å². The van der Waals surface area contributed by atoms with E-state index in [0.29, 0.717) is 25.0 Å². The summed E-state index contributed by atoms with van der Waals surface area (Å²) in [4.78, 5) is 12.5. The van der Waals surface area contributed by atoms with Gasteiger partial charge in [0.2, 0.25) is 0 Å². The van der Waals surface area contributed by atoms with Crippen LogP contribution in [-0.4, -0.2) is 48.4 Å². The van der Waals surface area contributed by atoms with Crippen molar-refractivity contribution in [2.75, 3.05) is 26.3 Å². The minimum Gasteiger partial charge on any atom is -0.465 e. The van der Waals surface area contributed by atoms with Gasteiger partial charge in [-0.25, -0.2) is 9.18 Å². The molecular weight excluding hydrogens is 344 g/mol. The summed E-state index contributed by atoms with van der Waals surface area (Å²) in [6.45, 7) is 1.06. The van der Waals surface area contributed by atoms with E-state index >= 15 is 0 Å². The molecular formula is C16H18F4N2O3.